The number of nitrogens with zero attached hydrogens (tertiary/aromatic N) is 1. The Morgan fingerprint density at radius 1 is 0.897 bits per heavy atom. The molecule has 0 spiro atoms. The van der Waals surface area contributed by atoms with Gasteiger partial charge in [-0.25, -0.2) is 0 Å². The highest BCUT2D eigenvalue weighted by Gasteiger charge is 2.30. The molecule has 1 heterocycles. The largest absolute Gasteiger partial charge is 0.416 e. The van der Waals surface area contributed by atoms with Gasteiger partial charge in [0.15, 0.2) is 0 Å². The van der Waals surface area contributed by atoms with Crippen molar-refractivity contribution in [3.05, 3.63) is 94.9 Å². The first-order chi connectivity index (χ1) is 13.8. The van der Waals surface area contributed by atoms with E-state index < -0.39 is 11.7 Å². The summed E-state index contributed by atoms with van der Waals surface area (Å²) >= 11 is 0. The van der Waals surface area contributed by atoms with Crippen molar-refractivity contribution < 1.29 is 13.2 Å². The Labute approximate surface area is 164 Å². The van der Waals surface area contributed by atoms with E-state index in [2.05, 4.69) is 5.32 Å². The maximum absolute atomic E-state index is 12.8. The van der Waals surface area contributed by atoms with Crippen LogP contribution in [0.4, 0.5) is 30.2 Å². The molecule has 29 heavy (non-hydrogen) atoms. The molecule has 4 nitrogen and oxygen atoms in total. The van der Waals surface area contributed by atoms with Crippen molar-refractivity contribution in [2.45, 2.75) is 6.18 Å². The second-order valence-corrected chi connectivity index (χ2v) is 6.55. The first-order valence-corrected chi connectivity index (χ1v) is 8.77. The Hall–Kier alpha value is -3.74. The summed E-state index contributed by atoms with van der Waals surface area (Å²) in [6, 6.07) is 18.8. The molecule has 0 bridgehead atoms. The van der Waals surface area contributed by atoms with Gasteiger partial charge in [0.05, 0.1) is 16.9 Å². The maximum atomic E-state index is 12.8. The van der Waals surface area contributed by atoms with Crippen LogP contribution in [0.3, 0.4) is 0 Å². The highest BCUT2D eigenvalue weighted by Crippen LogP contribution is 2.30. The highest BCUT2D eigenvalue weighted by atomic mass is 19.4. The van der Waals surface area contributed by atoms with Crippen LogP contribution < -0.4 is 16.6 Å². The van der Waals surface area contributed by atoms with Crippen LogP contribution in [-0.4, -0.2) is 4.57 Å². The molecule has 0 atom stereocenters. The maximum Gasteiger partial charge on any atom is 0.416 e. The Kier molecular flexibility index (Phi) is 4.50. The predicted octanol–water partition coefficient (Wildman–Crippen LogP) is 5.34. The van der Waals surface area contributed by atoms with Gasteiger partial charge in [-0.1, -0.05) is 12.1 Å². The monoisotopic (exact) mass is 395 g/mol. The van der Waals surface area contributed by atoms with Crippen LogP contribution in [0.5, 0.6) is 0 Å². The van der Waals surface area contributed by atoms with Crippen LogP contribution in [0.2, 0.25) is 0 Å². The highest BCUT2D eigenvalue weighted by molar-refractivity contribution is 5.86. The number of halogens is 3. The van der Waals surface area contributed by atoms with Crippen LogP contribution in [-0.2, 0) is 6.18 Å². The zero-order valence-electron chi connectivity index (χ0n) is 15.1. The molecular formula is C22H16F3N3O. The van der Waals surface area contributed by atoms with Crippen molar-refractivity contribution in [3.8, 4) is 5.69 Å². The Bertz CT molecular complexity index is 1240. The molecule has 0 radical (unpaired) electrons. The fourth-order valence-electron chi connectivity index (χ4n) is 3.11. The van der Waals surface area contributed by atoms with Gasteiger partial charge in [0.1, 0.15) is 0 Å². The zero-order chi connectivity index (χ0) is 20.6. The van der Waals surface area contributed by atoms with Crippen LogP contribution in [0.1, 0.15) is 5.56 Å². The second-order valence-electron chi connectivity index (χ2n) is 6.55. The van der Waals surface area contributed by atoms with E-state index in [1.54, 1.807) is 30.5 Å². The van der Waals surface area contributed by atoms with E-state index in [0.717, 1.165) is 23.5 Å². The number of alkyl halides is 3. The Morgan fingerprint density at radius 2 is 1.62 bits per heavy atom. The normalized spacial score (nSPS) is 11.6. The lowest BCUT2D eigenvalue weighted by Crippen LogP contribution is -2.17. The van der Waals surface area contributed by atoms with E-state index in [1.807, 2.05) is 24.3 Å². The number of aromatic nitrogens is 1. The first kappa shape index (κ1) is 18.6. The SMILES string of the molecule is Nc1ccccc1Nc1ccc2c(=O)n(-c3ccc(C(F)(F)F)cc3)ccc2c1. The zero-order valence-corrected chi connectivity index (χ0v) is 15.1. The standard InChI is InChI=1S/C22H16F3N3O/c23-22(24,25)15-5-8-17(9-6-15)28-12-11-14-13-16(7-10-18(14)21(28)29)27-20-4-2-1-3-19(20)26/h1-13,27H,26H2. The number of anilines is 3. The molecule has 0 fully saturated rings. The fourth-order valence-corrected chi connectivity index (χ4v) is 3.11. The lowest BCUT2D eigenvalue weighted by atomic mass is 10.1. The minimum atomic E-state index is -4.42. The summed E-state index contributed by atoms with van der Waals surface area (Å²) < 4.78 is 39.6. The van der Waals surface area contributed by atoms with Crippen molar-refractivity contribution in [1.82, 2.24) is 4.57 Å². The van der Waals surface area contributed by atoms with Gasteiger partial charge in [0, 0.05) is 23.0 Å². The summed E-state index contributed by atoms with van der Waals surface area (Å²) in [5.41, 5.74) is 7.36. The Morgan fingerprint density at radius 3 is 2.31 bits per heavy atom. The second kappa shape index (κ2) is 7.01. The van der Waals surface area contributed by atoms with Crippen molar-refractivity contribution in [3.63, 3.8) is 0 Å². The number of pyridine rings is 1. The molecule has 0 saturated heterocycles. The van der Waals surface area contributed by atoms with Crippen LogP contribution >= 0.6 is 0 Å². The smallest absolute Gasteiger partial charge is 0.397 e. The molecule has 4 aromatic rings. The first-order valence-electron chi connectivity index (χ1n) is 8.77. The van der Waals surface area contributed by atoms with Gasteiger partial charge in [-0.2, -0.15) is 13.2 Å². The number of para-hydroxylation sites is 2. The minimum Gasteiger partial charge on any atom is -0.397 e. The summed E-state index contributed by atoms with van der Waals surface area (Å²) in [5, 5.41) is 4.37. The molecular weight excluding hydrogens is 379 g/mol. The van der Waals surface area contributed by atoms with E-state index in [1.165, 1.54) is 16.7 Å². The third-order valence-corrected chi connectivity index (χ3v) is 4.62. The van der Waals surface area contributed by atoms with E-state index in [-0.39, 0.29) is 5.56 Å². The molecule has 3 N–H and O–H groups in total. The third kappa shape index (κ3) is 3.67. The molecule has 146 valence electrons. The van der Waals surface area contributed by atoms with Gasteiger partial charge in [0.2, 0.25) is 0 Å². The number of rotatable bonds is 3. The predicted molar refractivity (Wildman–Crippen MR) is 109 cm³/mol. The van der Waals surface area contributed by atoms with Crippen molar-refractivity contribution >= 4 is 27.8 Å². The molecule has 1 aromatic heterocycles. The number of nitrogens with one attached hydrogen (secondary N) is 1. The molecule has 0 aliphatic carbocycles. The number of fused-ring (bicyclic) bond motifs is 1. The third-order valence-electron chi connectivity index (χ3n) is 4.62. The molecule has 0 unspecified atom stereocenters. The van der Waals surface area contributed by atoms with E-state index in [4.69, 9.17) is 5.73 Å². The lowest BCUT2D eigenvalue weighted by Gasteiger charge is -2.12. The van der Waals surface area contributed by atoms with Crippen molar-refractivity contribution in [1.29, 1.82) is 0 Å². The Balaban J connectivity index is 1.70. The number of nitrogens with two attached hydrogens (primary N) is 1. The number of benzene rings is 3. The molecule has 0 amide bonds. The van der Waals surface area contributed by atoms with E-state index in [0.29, 0.717) is 22.1 Å². The van der Waals surface area contributed by atoms with Gasteiger partial charge < -0.3 is 11.1 Å². The number of hydrogen-bond donors (Lipinski definition) is 2. The van der Waals surface area contributed by atoms with Gasteiger partial charge in [0.25, 0.3) is 5.56 Å². The number of nitrogen functional groups attached to an aromatic ring is 1. The summed E-state index contributed by atoms with van der Waals surface area (Å²) in [6.07, 6.45) is -2.87. The minimum absolute atomic E-state index is 0.312. The van der Waals surface area contributed by atoms with Gasteiger partial charge >= 0.3 is 6.18 Å². The average Bonchev–Trinajstić information content (AvgIpc) is 2.69. The fraction of sp³-hybridized carbons (Fsp3) is 0.0455. The number of hydrogen-bond acceptors (Lipinski definition) is 3. The average molecular weight is 395 g/mol. The summed E-state index contributed by atoms with van der Waals surface area (Å²) in [5.74, 6) is 0. The van der Waals surface area contributed by atoms with Crippen LogP contribution in [0.25, 0.3) is 16.5 Å². The molecule has 0 saturated carbocycles. The summed E-state index contributed by atoms with van der Waals surface area (Å²) in [4.78, 5) is 12.8. The molecule has 0 aliphatic heterocycles. The van der Waals surface area contributed by atoms with Gasteiger partial charge in [-0.05, 0) is 66.0 Å². The molecule has 0 aliphatic rings. The van der Waals surface area contributed by atoms with Crippen LogP contribution in [0, 0.1) is 0 Å². The topological polar surface area (TPSA) is 60.0 Å². The van der Waals surface area contributed by atoms with E-state index in [9.17, 15) is 18.0 Å². The van der Waals surface area contributed by atoms with Crippen LogP contribution in [0.15, 0.2) is 83.8 Å². The van der Waals surface area contributed by atoms with E-state index >= 15 is 0 Å². The van der Waals surface area contributed by atoms with Crippen molar-refractivity contribution in [2.24, 2.45) is 0 Å². The van der Waals surface area contributed by atoms with Gasteiger partial charge in [-0.15, -0.1) is 0 Å². The molecule has 4 rings (SSSR count). The van der Waals surface area contributed by atoms with Crippen molar-refractivity contribution in [2.75, 3.05) is 11.1 Å². The molecule has 3 aromatic carbocycles. The quantitative estimate of drug-likeness (QED) is 0.461. The summed E-state index contributed by atoms with van der Waals surface area (Å²) in [6.45, 7) is 0. The summed E-state index contributed by atoms with van der Waals surface area (Å²) in [7, 11) is 0. The molecule has 7 heteroatoms. The van der Waals surface area contributed by atoms with Gasteiger partial charge in [-0.3, -0.25) is 9.36 Å². The lowest BCUT2D eigenvalue weighted by molar-refractivity contribution is -0.137.